The van der Waals surface area contributed by atoms with E-state index in [-0.39, 0.29) is 0 Å². The molecule has 3 nitrogen and oxygen atoms in total. The summed E-state index contributed by atoms with van der Waals surface area (Å²) in [6.07, 6.45) is 6.24. The van der Waals surface area contributed by atoms with Crippen LogP contribution in [0.2, 0.25) is 0 Å². The number of hydrogen-bond acceptors (Lipinski definition) is 2. The zero-order chi connectivity index (χ0) is 14.2. The average Bonchev–Trinajstić information content (AvgIpc) is 3.10. The van der Waals surface area contributed by atoms with Gasteiger partial charge < -0.3 is 0 Å². The first-order valence-corrected chi connectivity index (χ1v) is 8.52. The molecule has 0 unspecified atom stereocenters. The van der Waals surface area contributed by atoms with Crippen molar-refractivity contribution in [2.75, 3.05) is 0 Å². The number of aryl methyl sites for hydroxylation is 1. The largest absolute Gasteiger partial charge is 0.267 e. The van der Waals surface area contributed by atoms with E-state index < -0.39 is 10.0 Å². The van der Waals surface area contributed by atoms with Gasteiger partial charge in [0.25, 0.3) is 10.0 Å². The maximum atomic E-state index is 12.7. The first-order valence-electron chi connectivity index (χ1n) is 7.08. The van der Waals surface area contributed by atoms with Crippen LogP contribution < -0.4 is 0 Å². The summed E-state index contributed by atoms with van der Waals surface area (Å²) in [6.45, 7) is 1.95. The van der Waals surface area contributed by atoms with Crippen LogP contribution in [0.3, 0.4) is 0 Å². The Balaban J connectivity index is 2.03. The number of hydrogen-bond donors (Lipinski definition) is 0. The molecule has 0 bridgehead atoms. The molecule has 2 aromatic rings. The maximum absolute atomic E-state index is 12.7. The van der Waals surface area contributed by atoms with Crippen LogP contribution in [-0.2, 0) is 10.0 Å². The van der Waals surface area contributed by atoms with Crippen LogP contribution in [0.5, 0.6) is 0 Å². The molecule has 0 amide bonds. The molecule has 3 rings (SSSR count). The average molecular weight is 289 g/mol. The molecule has 1 heterocycles. The Bertz CT molecular complexity index is 692. The number of benzene rings is 1. The van der Waals surface area contributed by atoms with Crippen LogP contribution in [0.25, 0.3) is 0 Å². The van der Waals surface area contributed by atoms with Crippen LogP contribution >= 0.6 is 0 Å². The summed E-state index contributed by atoms with van der Waals surface area (Å²) < 4.78 is 27.0. The van der Waals surface area contributed by atoms with Crippen molar-refractivity contribution >= 4 is 10.0 Å². The number of aromatic nitrogens is 1. The van der Waals surface area contributed by atoms with E-state index >= 15 is 0 Å². The highest BCUT2D eigenvalue weighted by atomic mass is 32.2. The Hall–Kier alpha value is -1.55. The summed E-state index contributed by atoms with van der Waals surface area (Å²) in [5.74, 6) is 0.380. The van der Waals surface area contributed by atoms with Crippen molar-refractivity contribution < 1.29 is 8.42 Å². The van der Waals surface area contributed by atoms with E-state index in [0.717, 1.165) is 24.1 Å². The van der Waals surface area contributed by atoms with Gasteiger partial charge in [-0.05, 0) is 44.0 Å². The molecule has 0 saturated heterocycles. The van der Waals surface area contributed by atoms with Gasteiger partial charge >= 0.3 is 0 Å². The summed E-state index contributed by atoms with van der Waals surface area (Å²) in [4.78, 5) is 0.360. The van der Waals surface area contributed by atoms with E-state index in [4.69, 9.17) is 0 Å². The Kier molecular flexibility index (Phi) is 3.42. The lowest BCUT2D eigenvalue weighted by Gasteiger charge is -2.15. The lowest BCUT2D eigenvalue weighted by molar-refractivity contribution is 0.579. The van der Waals surface area contributed by atoms with E-state index in [0.29, 0.717) is 10.8 Å². The number of rotatable bonds is 3. The molecule has 0 aliphatic heterocycles. The van der Waals surface area contributed by atoms with Crippen molar-refractivity contribution in [2.24, 2.45) is 0 Å². The molecule has 1 aliphatic carbocycles. The monoisotopic (exact) mass is 289 g/mol. The van der Waals surface area contributed by atoms with Crippen molar-refractivity contribution in [1.82, 2.24) is 3.97 Å². The van der Waals surface area contributed by atoms with Gasteiger partial charge in [-0.2, -0.15) is 0 Å². The summed E-state index contributed by atoms with van der Waals surface area (Å²) in [5.41, 5.74) is 2.00. The third kappa shape index (κ3) is 2.29. The summed E-state index contributed by atoms with van der Waals surface area (Å²) >= 11 is 0. The molecule has 20 heavy (non-hydrogen) atoms. The predicted octanol–water partition coefficient (Wildman–Crippen LogP) is 3.69. The summed E-state index contributed by atoms with van der Waals surface area (Å²) in [7, 11) is -3.46. The van der Waals surface area contributed by atoms with E-state index in [2.05, 4.69) is 0 Å². The van der Waals surface area contributed by atoms with E-state index in [1.807, 2.05) is 31.2 Å². The second-order valence-electron chi connectivity index (χ2n) is 5.53. The molecular weight excluding hydrogens is 270 g/mol. The van der Waals surface area contributed by atoms with Gasteiger partial charge in [0.15, 0.2) is 0 Å². The van der Waals surface area contributed by atoms with Crippen LogP contribution in [0.4, 0.5) is 0 Å². The third-order valence-electron chi connectivity index (χ3n) is 4.09. The highest BCUT2D eigenvalue weighted by Crippen LogP contribution is 2.35. The highest BCUT2D eigenvalue weighted by Gasteiger charge is 2.25. The van der Waals surface area contributed by atoms with Crippen LogP contribution in [0.15, 0.2) is 47.5 Å². The van der Waals surface area contributed by atoms with Gasteiger partial charge in [-0.1, -0.05) is 30.5 Å². The van der Waals surface area contributed by atoms with Crippen LogP contribution in [-0.4, -0.2) is 12.4 Å². The van der Waals surface area contributed by atoms with Crippen molar-refractivity contribution in [3.8, 4) is 0 Å². The minimum Gasteiger partial charge on any atom is -0.246 e. The molecule has 0 N–H and O–H groups in total. The second kappa shape index (κ2) is 5.09. The molecule has 0 atom stereocenters. The van der Waals surface area contributed by atoms with Gasteiger partial charge in [0.1, 0.15) is 0 Å². The van der Waals surface area contributed by atoms with Crippen LogP contribution in [0, 0.1) is 6.92 Å². The van der Waals surface area contributed by atoms with Gasteiger partial charge in [0, 0.05) is 17.8 Å². The Morgan fingerprint density at radius 3 is 2.35 bits per heavy atom. The fourth-order valence-electron chi connectivity index (χ4n) is 2.96. The van der Waals surface area contributed by atoms with Crippen molar-refractivity contribution in [3.05, 3.63) is 53.9 Å². The van der Waals surface area contributed by atoms with Crippen molar-refractivity contribution in [1.29, 1.82) is 0 Å². The molecule has 1 aromatic heterocycles. The topological polar surface area (TPSA) is 39.1 Å². The van der Waals surface area contributed by atoms with Crippen molar-refractivity contribution in [2.45, 2.75) is 43.4 Å². The standard InChI is InChI=1S/C16H19NO2S/c1-13-8-10-15(11-9-13)20(18,19)17-12-4-7-16(17)14-5-2-3-6-14/h4,7-12,14H,2-3,5-6H2,1H3. The molecule has 1 fully saturated rings. The van der Waals surface area contributed by atoms with Gasteiger partial charge in [-0.15, -0.1) is 0 Å². The molecule has 1 saturated carbocycles. The Morgan fingerprint density at radius 1 is 1.05 bits per heavy atom. The normalized spacial score (nSPS) is 16.6. The summed E-state index contributed by atoms with van der Waals surface area (Å²) in [6, 6.07) is 10.8. The zero-order valence-corrected chi connectivity index (χ0v) is 12.4. The predicted molar refractivity (Wildman–Crippen MR) is 79.4 cm³/mol. The molecule has 0 radical (unpaired) electrons. The SMILES string of the molecule is Cc1ccc(S(=O)(=O)n2cccc2C2CCCC2)cc1. The zero-order valence-electron chi connectivity index (χ0n) is 11.6. The smallest absolute Gasteiger partial charge is 0.246 e. The van der Waals surface area contributed by atoms with Gasteiger partial charge in [0.05, 0.1) is 4.90 Å². The third-order valence-corrected chi connectivity index (χ3v) is 5.81. The highest BCUT2D eigenvalue weighted by molar-refractivity contribution is 7.90. The van der Waals surface area contributed by atoms with Gasteiger partial charge in [0.2, 0.25) is 0 Å². The minimum atomic E-state index is -3.46. The van der Waals surface area contributed by atoms with Crippen LogP contribution in [0.1, 0.15) is 42.9 Å². The molecule has 0 spiro atoms. The van der Waals surface area contributed by atoms with E-state index in [9.17, 15) is 8.42 Å². The fraction of sp³-hybridized carbons (Fsp3) is 0.375. The maximum Gasteiger partial charge on any atom is 0.267 e. The molecule has 1 aliphatic rings. The second-order valence-corrected chi connectivity index (χ2v) is 7.34. The summed E-state index contributed by atoms with van der Waals surface area (Å²) in [5, 5.41) is 0. The van der Waals surface area contributed by atoms with E-state index in [1.165, 1.54) is 16.8 Å². The molecule has 106 valence electrons. The number of nitrogens with zero attached hydrogens (tertiary/aromatic N) is 1. The van der Waals surface area contributed by atoms with E-state index in [1.54, 1.807) is 18.3 Å². The lowest BCUT2D eigenvalue weighted by Crippen LogP contribution is -2.16. The first-order chi connectivity index (χ1) is 9.59. The minimum absolute atomic E-state index is 0.360. The van der Waals surface area contributed by atoms with Gasteiger partial charge in [-0.3, -0.25) is 0 Å². The fourth-order valence-corrected chi connectivity index (χ4v) is 4.38. The molecule has 4 heteroatoms. The molecular formula is C16H19NO2S. The lowest BCUT2D eigenvalue weighted by atomic mass is 10.1. The Labute approximate surface area is 120 Å². The Morgan fingerprint density at radius 2 is 1.70 bits per heavy atom. The van der Waals surface area contributed by atoms with Gasteiger partial charge in [-0.25, -0.2) is 12.4 Å². The molecule has 1 aromatic carbocycles. The quantitative estimate of drug-likeness (QED) is 0.864. The first kappa shape index (κ1) is 13.4. The van der Waals surface area contributed by atoms with Crippen molar-refractivity contribution in [3.63, 3.8) is 0 Å².